The van der Waals surface area contributed by atoms with E-state index in [4.69, 9.17) is 0 Å². The van der Waals surface area contributed by atoms with Crippen LogP contribution < -0.4 is 0 Å². The highest BCUT2D eigenvalue weighted by atomic mass is 32.2. The van der Waals surface area contributed by atoms with Crippen LogP contribution in [0.2, 0.25) is 0 Å². The summed E-state index contributed by atoms with van der Waals surface area (Å²) in [5, 5.41) is 10.1. The molecule has 7 heteroatoms. The second-order valence-electron chi connectivity index (χ2n) is 3.95. The molecule has 0 saturated heterocycles. The van der Waals surface area contributed by atoms with Gasteiger partial charge in [0.1, 0.15) is 0 Å². The van der Waals surface area contributed by atoms with Crippen LogP contribution in [0.25, 0.3) is 0 Å². The van der Waals surface area contributed by atoms with Gasteiger partial charge in [-0.3, -0.25) is 0 Å². The van der Waals surface area contributed by atoms with E-state index in [1.807, 2.05) is 0 Å². The van der Waals surface area contributed by atoms with Crippen molar-refractivity contribution in [1.29, 1.82) is 0 Å². The lowest BCUT2D eigenvalue weighted by Gasteiger charge is -2.29. The molecule has 0 bridgehead atoms. The highest BCUT2D eigenvalue weighted by Gasteiger charge is 2.44. The Hall–Kier alpha value is -0.820. The van der Waals surface area contributed by atoms with Gasteiger partial charge < -0.3 is 5.11 Å². The second-order valence-corrected chi connectivity index (χ2v) is 4.73. The summed E-state index contributed by atoms with van der Waals surface area (Å²) in [5.74, 6) is -1.52. The highest BCUT2D eigenvalue weighted by Crippen LogP contribution is 2.40. The third-order valence-electron chi connectivity index (χ3n) is 2.83. The second kappa shape index (κ2) is 4.45. The van der Waals surface area contributed by atoms with Crippen LogP contribution in [-0.4, -0.2) is 27.5 Å². The number of nitrogens with zero attached hydrogens (tertiary/aromatic N) is 2. The van der Waals surface area contributed by atoms with Crippen molar-refractivity contribution in [3.05, 3.63) is 17.5 Å². The van der Waals surface area contributed by atoms with Gasteiger partial charge in [-0.2, -0.15) is 13.2 Å². The Morgan fingerprint density at radius 2 is 2.18 bits per heavy atom. The molecule has 1 N–H and O–H groups in total. The number of fused-ring (bicyclic) bond motifs is 1. The highest BCUT2D eigenvalue weighted by molar-refractivity contribution is 7.98. The Balaban J connectivity index is 2.34. The van der Waals surface area contributed by atoms with E-state index in [-0.39, 0.29) is 12.8 Å². The van der Waals surface area contributed by atoms with Crippen molar-refractivity contribution in [2.75, 3.05) is 6.26 Å². The van der Waals surface area contributed by atoms with Crippen LogP contribution in [0.15, 0.2) is 11.4 Å². The van der Waals surface area contributed by atoms with Gasteiger partial charge in [0.25, 0.3) is 0 Å². The Morgan fingerprint density at radius 3 is 2.76 bits per heavy atom. The fourth-order valence-electron chi connectivity index (χ4n) is 1.91. The van der Waals surface area contributed by atoms with Crippen LogP contribution in [-0.2, 0) is 6.42 Å². The van der Waals surface area contributed by atoms with Crippen molar-refractivity contribution in [2.24, 2.45) is 5.92 Å². The van der Waals surface area contributed by atoms with Gasteiger partial charge in [-0.15, -0.1) is 0 Å². The number of halogens is 3. The molecule has 1 aromatic rings. The molecule has 0 spiro atoms. The quantitative estimate of drug-likeness (QED) is 0.625. The van der Waals surface area contributed by atoms with Crippen LogP contribution in [0.4, 0.5) is 13.2 Å². The van der Waals surface area contributed by atoms with E-state index in [1.54, 1.807) is 6.26 Å². The number of rotatable bonds is 1. The van der Waals surface area contributed by atoms with E-state index in [1.165, 1.54) is 18.0 Å². The summed E-state index contributed by atoms with van der Waals surface area (Å²) in [5.41, 5.74) is 0.730. The summed E-state index contributed by atoms with van der Waals surface area (Å²) in [7, 11) is 0. The van der Waals surface area contributed by atoms with Gasteiger partial charge in [0.15, 0.2) is 5.16 Å². The zero-order valence-corrected chi connectivity index (χ0v) is 9.85. The monoisotopic (exact) mass is 264 g/mol. The number of alkyl halides is 3. The molecule has 3 nitrogen and oxygen atoms in total. The minimum Gasteiger partial charge on any atom is -0.388 e. The molecule has 0 unspecified atom stereocenters. The average Bonchev–Trinajstić information content (AvgIpc) is 2.27. The molecule has 1 heterocycles. The van der Waals surface area contributed by atoms with Gasteiger partial charge in [-0.25, -0.2) is 9.97 Å². The maximum Gasteiger partial charge on any atom is 0.392 e. The molecule has 0 aliphatic heterocycles. The van der Waals surface area contributed by atoms with Crippen molar-refractivity contribution in [2.45, 2.75) is 30.3 Å². The van der Waals surface area contributed by atoms with E-state index in [2.05, 4.69) is 9.97 Å². The summed E-state index contributed by atoms with van der Waals surface area (Å²) in [4.78, 5) is 8.00. The van der Waals surface area contributed by atoms with Crippen LogP contribution >= 0.6 is 11.8 Å². The van der Waals surface area contributed by atoms with Gasteiger partial charge in [-0.05, 0) is 12.7 Å². The largest absolute Gasteiger partial charge is 0.392 e. The van der Waals surface area contributed by atoms with Crippen molar-refractivity contribution in [3.8, 4) is 0 Å². The average molecular weight is 264 g/mol. The zero-order valence-electron chi connectivity index (χ0n) is 9.03. The fourth-order valence-corrected chi connectivity index (χ4v) is 2.27. The maximum absolute atomic E-state index is 12.6. The van der Waals surface area contributed by atoms with Crippen LogP contribution in [0.5, 0.6) is 0 Å². The molecule has 2 rings (SSSR count). The lowest BCUT2D eigenvalue weighted by Crippen LogP contribution is -2.31. The summed E-state index contributed by atoms with van der Waals surface area (Å²) in [6.07, 6.45) is -2.72. The standard InChI is InChI=1S/C10H11F3N2OS/c1-17-9-14-4-6-7(15-9)2-5(3-8(6)16)10(11,12)13/h4-5,8,16H,2-3H2,1H3/t5-,8-/m1/s1. The number of thioether (sulfide) groups is 1. The van der Waals surface area contributed by atoms with E-state index >= 15 is 0 Å². The summed E-state index contributed by atoms with van der Waals surface area (Å²) >= 11 is 1.27. The first kappa shape index (κ1) is 12.6. The molecule has 1 aromatic heterocycles. The number of hydrogen-bond donors (Lipinski definition) is 1. The van der Waals surface area contributed by atoms with Gasteiger partial charge in [-0.1, -0.05) is 11.8 Å². The lowest BCUT2D eigenvalue weighted by molar-refractivity contribution is -0.184. The van der Waals surface area contributed by atoms with E-state index < -0.39 is 18.2 Å². The van der Waals surface area contributed by atoms with Crippen LogP contribution in [0, 0.1) is 5.92 Å². The summed E-state index contributed by atoms with van der Waals surface area (Å²) < 4.78 is 37.9. The summed E-state index contributed by atoms with van der Waals surface area (Å²) in [6.45, 7) is 0. The van der Waals surface area contributed by atoms with Crippen molar-refractivity contribution in [1.82, 2.24) is 9.97 Å². The van der Waals surface area contributed by atoms with Crippen molar-refractivity contribution < 1.29 is 18.3 Å². The van der Waals surface area contributed by atoms with Crippen molar-refractivity contribution in [3.63, 3.8) is 0 Å². The molecule has 0 amide bonds. The molecule has 1 aliphatic carbocycles. The van der Waals surface area contributed by atoms with Gasteiger partial charge in [0.2, 0.25) is 0 Å². The molecule has 0 aromatic carbocycles. The lowest BCUT2D eigenvalue weighted by atomic mass is 9.85. The van der Waals surface area contributed by atoms with Gasteiger partial charge >= 0.3 is 6.18 Å². The molecular formula is C10H11F3N2OS. The zero-order chi connectivity index (χ0) is 12.6. The predicted octanol–water partition coefficient (Wildman–Crippen LogP) is 2.36. The smallest absolute Gasteiger partial charge is 0.388 e. The van der Waals surface area contributed by atoms with Crippen LogP contribution in [0.1, 0.15) is 23.8 Å². The molecule has 1 aliphatic rings. The molecule has 0 saturated carbocycles. The number of hydrogen-bond acceptors (Lipinski definition) is 4. The van der Waals surface area contributed by atoms with Gasteiger partial charge in [0.05, 0.1) is 17.7 Å². The number of aliphatic hydroxyl groups is 1. The van der Waals surface area contributed by atoms with Crippen molar-refractivity contribution >= 4 is 11.8 Å². The fraction of sp³-hybridized carbons (Fsp3) is 0.600. The Kier molecular flexibility index (Phi) is 3.31. The Labute approximate surface area is 100 Å². The van der Waals surface area contributed by atoms with Gasteiger partial charge in [0, 0.05) is 18.2 Å². The molecule has 0 fully saturated rings. The first-order chi connectivity index (χ1) is 7.91. The minimum absolute atomic E-state index is 0.175. The Bertz CT molecular complexity index is 425. The third kappa shape index (κ3) is 2.55. The molecule has 17 heavy (non-hydrogen) atoms. The van der Waals surface area contributed by atoms with E-state index in [0.29, 0.717) is 16.4 Å². The first-order valence-corrected chi connectivity index (χ1v) is 6.29. The normalized spacial score (nSPS) is 24.5. The molecule has 2 atom stereocenters. The third-order valence-corrected chi connectivity index (χ3v) is 3.39. The topological polar surface area (TPSA) is 46.0 Å². The molecule has 94 valence electrons. The predicted molar refractivity (Wildman–Crippen MR) is 56.6 cm³/mol. The van der Waals surface area contributed by atoms with Crippen LogP contribution in [0.3, 0.4) is 0 Å². The van der Waals surface area contributed by atoms with E-state index in [0.717, 1.165) is 0 Å². The molecular weight excluding hydrogens is 253 g/mol. The minimum atomic E-state index is -4.29. The first-order valence-electron chi connectivity index (χ1n) is 5.06. The Morgan fingerprint density at radius 1 is 1.47 bits per heavy atom. The SMILES string of the molecule is CSc1ncc2c(n1)C[C@@H](C(F)(F)F)C[C@H]2O. The van der Waals surface area contributed by atoms with E-state index in [9.17, 15) is 18.3 Å². The number of aliphatic hydroxyl groups excluding tert-OH is 1. The number of aromatic nitrogens is 2. The summed E-state index contributed by atoms with van der Waals surface area (Å²) in [6, 6.07) is 0. The molecule has 0 radical (unpaired) electrons. The maximum atomic E-state index is 12.6.